The maximum Gasteiger partial charge on any atom is 0.274 e. The van der Waals surface area contributed by atoms with Crippen molar-refractivity contribution in [1.29, 1.82) is 0 Å². The summed E-state index contributed by atoms with van der Waals surface area (Å²) in [4.78, 5) is 21.0. The van der Waals surface area contributed by atoms with E-state index in [-0.39, 0.29) is 24.0 Å². The lowest BCUT2D eigenvalue weighted by Gasteiger charge is -2.09. The zero-order valence-electron chi connectivity index (χ0n) is 14.7. The molecule has 0 unspecified atom stereocenters. The van der Waals surface area contributed by atoms with Crippen LogP contribution in [-0.2, 0) is 6.54 Å². The molecule has 1 N–H and O–H groups in total. The fourth-order valence-electron chi connectivity index (χ4n) is 2.72. The van der Waals surface area contributed by atoms with Crippen LogP contribution in [0.2, 0.25) is 0 Å². The Morgan fingerprint density at radius 3 is 2.50 bits per heavy atom. The first-order valence-electron chi connectivity index (χ1n) is 8.52. The van der Waals surface area contributed by atoms with E-state index in [1.807, 2.05) is 12.1 Å². The molecule has 0 atom stereocenters. The van der Waals surface area contributed by atoms with Gasteiger partial charge in [-0.3, -0.25) is 14.8 Å². The summed E-state index contributed by atoms with van der Waals surface area (Å²) in [6.07, 6.45) is 4.90. The lowest BCUT2D eigenvalue weighted by atomic mass is 10.1. The van der Waals surface area contributed by atoms with Crippen molar-refractivity contribution in [2.24, 2.45) is 0 Å². The van der Waals surface area contributed by atoms with Crippen molar-refractivity contribution >= 4 is 5.91 Å². The Bertz CT molecular complexity index is 1080. The molecular formula is C20H15FN6O. The molecule has 7 nitrogen and oxygen atoms in total. The number of carbonyl (C=O) groups is 1. The van der Waals surface area contributed by atoms with Gasteiger partial charge in [0.25, 0.3) is 5.91 Å². The van der Waals surface area contributed by atoms with Gasteiger partial charge in [-0.1, -0.05) is 11.3 Å². The molecule has 0 radical (unpaired) electrons. The van der Waals surface area contributed by atoms with Crippen molar-refractivity contribution in [3.63, 3.8) is 0 Å². The van der Waals surface area contributed by atoms with E-state index in [1.165, 1.54) is 16.8 Å². The first-order valence-corrected chi connectivity index (χ1v) is 8.52. The summed E-state index contributed by atoms with van der Waals surface area (Å²) in [5.41, 5.74) is 2.68. The van der Waals surface area contributed by atoms with E-state index >= 15 is 0 Å². The molecule has 3 heterocycles. The maximum absolute atomic E-state index is 13.3. The van der Waals surface area contributed by atoms with Gasteiger partial charge in [0.05, 0.1) is 17.9 Å². The van der Waals surface area contributed by atoms with Gasteiger partial charge in [-0.2, -0.15) is 0 Å². The van der Waals surface area contributed by atoms with Crippen LogP contribution in [0.4, 0.5) is 4.39 Å². The molecule has 4 aromatic rings. The standard InChI is InChI=1S/C20H15FN6O/c21-15-4-6-17(7-5-15)27-19(14-8-11-22-12-9-14)18(25-26-27)20(28)24-13-16-3-1-2-10-23-16/h1-12H,13H2,(H,24,28). The van der Waals surface area contributed by atoms with Crippen LogP contribution in [0.3, 0.4) is 0 Å². The number of pyridine rings is 2. The SMILES string of the molecule is O=C(NCc1ccccn1)c1nnn(-c2ccc(F)cc2)c1-c1ccncc1. The van der Waals surface area contributed by atoms with E-state index < -0.39 is 0 Å². The Hall–Kier alpha value is -3.94. The number of carbonyl (C=O) groups excluding carboxylic acids is 1. The van der Waals surface area contributed by atoms with Crippen LogP contribution < -0.4 is 5.32 Å². The summed E-state index contributed by atoms with van der Waals surface area (Å²) in [6, 6.07) is 14.8. The van der Waals surface area contributed by atoms with Gasteiger partial charge in [0.2, 0.25) is 0 Å². The van der Waals surface area contributed by atoms with Gasteiger partial charge in [0, 0.05) is 24.2 Å². The fourth-order valence-corrected chi connectivity index (χ4v) is 2.72. The van der Waals surface area contributed by atoms with Gasteiger partial charge in [-0.05, 0) is 48.5 Å². The highest BCUT2D eigenvalue weighted by molar-refractivity contribution is 5.98. The van der Waals surface area contributed by atoms with Crippen LogP contribution >= 0.6 is 0 Å². The minimum Gasteiger partial charge on any atom is -0.345 e. The first kappa shape index (κ1) is 17.5. The molecule has 0 aliphatic carbocycles. The molecule has 28 heavy (non-hydrogen) atoms. The van der Waals surface area contributed by atoms with Gasteiger partial charge >= 0.3 is 0 Å². The number of benzene rings is 1. The van der Waals surface area contributed by atoms with Crippen molar-refractivity contribution in [3.05, 3.63) is 90.4 Å². The number of amides is 1. The zero-order chi connectivity index (χ0) is 19.3. The van der Waals surface area contributed by atoms with Gasteiger partial charge in [-0.25, -0.2) is 9.07 Å². The number of aromatic nitrogens is 5. The monoisotopic (exact) mass is 374 g/mol. The molecule has 0 saturated heterocycles. The molecule has 138 valence electrons. The lowest BCUT2D eigenvalue weighted by Crippen LogP contribution is -2.24. The van der Waals surface area contributed by atoms with Gasteiger partial charge in [0.1, 0.15) is 11.5 Å². The van der Waals surface area contributed by atoms with Crippen LogP contribution in [0, 0.1) is 5.82 Å². The van der Waals surface area contributed by atoms with Gasteiger partial charge in [0.15, 0.2) is 5.69 Å². The molecule has 4 rings (SSSR count). The van der Waals surface area contributed by atoms with Crippen molar-refractivity contribution in [1.82, 2.24) is 30.3 Å². The lowest BCUT2D eigenvalue weighted by molar-refractivity contribution is 0.0946. The third-order valence-corrected chi connectivity index (χ3v) is 4.07. The molecule has 0 fully saturated rings. The predicted molar refractivity (Wildman–Crippen MR) is 100.0 cm³/mol. The Labute approximate surface area is 159 Å². The highest BCUT2D eigenvalue weighted by Crippen LogP contribution is 2.25. The third kappa shape index (κ3) is 3.61. The smallest absolute Gasteiger partial charge is 0.274 e. The number of nitrogens with zero attached hydrogens (tertiary/aromatic N) is 5. The summed E-state index contributed by atoms with van der Waals surface area (Å²) in [5.74, 6) is -0.742. The predicted octanol–water partition coefficient (Wildman–Crippen LogP) is 2.79. The second-order valence-electron chi connectivity index (χ2n) is 5.91. The number of hydrogen-bond donors (Lipinski definition) is 1. The molecule has 0 saturated carbocycles. The van der Waals surface area contributed by atoms with Crippen LogP contribution in [0.5, 0.6) is 0 Å². The molecule has 1 amide bonds. The Kier molecular flexibility index (Phi) is 4.83. The maximum atomic E-state index is 13.3. The molecule has 0 spiro atoms. The highest BCUT2D eigenvalue weighted by atomic mass is 19.1. The van der Waals surface area contributed by atoms with Crippen LogP contribution in [-0.4, -0.2) is 30.9 Å². The van der Waals surface area contributed by atoms with E-state index in [9.17, 15) is 9.18 Å². The second-order valence-corrected chi connectivity index (χ2v) is 5.91. The van der Waals surface area contributed by atoms with E-state index in [4.69, 9.17) is 0 Å². The number of rotatable bonds is 5. The quantitative estimate of drug-likeness (QED) is 0.581. The number of nitrogens with one attached hydrogen (secondary N) is 1. The topological polar surface area (TPSA) is 85.6 Å². The minimum absolute atomic E-state index is 0.159. The van der Waals surface area contributed by atoms with E-state index in [2.05, 4.69) is 25.6 Å². The van der Waals surface area contributed by atoms with Crippen molar-refractivity contribution in [2.75, 3.05) is 0 Å². The molecule has 0 bridgehead atoms. The van der Waals surface area contributed by atoms with Crippen LogP contribution in [0.15, 0.2) is 73.2 Å². The minimum atomic E-state index is -0.383. The largest absolute Gasteiger partial charge is 0.345 e. The van der Waals surface area contributed by atoms with E-state index in [0.717, 1.165) is 5.69 Å². The van der Waals surface area contributed by atoms with E-state index in [0.29, 0.717) is 16.9 Å². The Morgan fingerprint density at radius 2 is 1.79 bits per heavy atom. The van der Waals surface area contributed by atoms with Gasteiger partial charge < -0.3 is 5.32 Å². The summed E-state index contributed by atoms with van der Waals surface area (Å²) in [5, 5.41) is 11.0. The summed E-state index contributed by atoms with van der Waals surface area (Å²) >= 11 is 0. The van der Waals surface area contributed by atoms with Crippen molar-refractivity contribution < 1.29 is 9.18 Å². The Morgan fingerprint density at radius 1 is 1.00 bits per heavy atom. The molecular weight excluding hydrogens is 359 g/mol. The van der Waals surface area contributed by atoms with Crippen LogP contribution in [0.25, 0.3) is 16.9 Å². The highest BCUT2D eigenvalue weighted by Gasteiger charge is 2.22. The van der Waals surface area contributed by atoms with Gasteiger partial charge in [-0.15, -0.1) is 5.10 Å². The van der Waals surface area contributed by atoms with Crippen molar-refractivity contribution in [2.45, 2.75) is 6.54 Å². The zero-order valence-corrected chi connectivity index (χ0v) is 14.7. The molecule has 0 aliphatic rings. The number of halogens is 1. The first-order chi connectivity index (χ1) is 13.7. The Balaban J connectivity index is 1.71. The fraction of sp³-hybridized carbons (Fsp3) is 0.0500. The third-order valence-electron chi connectivity index (χ3n) is 4.07. The average Bonchev–Trinajstić information content (AvgIpc) is 3.19. The molecule has 1 aromatic carbocycles. The summed E-state index contributed by atoms with van der Waals surface area (Å²) in [6.45, 7) is 0.263. The molecule has 3 aromatic heterocycles. The van der Waals surface area contributed by atoms with E-state index in [1.54, 1.807) is 48.9 Å². The summed E-state index contributed by atoms with van der Waals surface area (Å²) < 4.78 is 14.8. The molecule has 0 aliphatic heterocycles. The summed E-state index contributed by atoms with van der Waals surface area (Å²) in [7, 11) is 0. The van der Waals surface area contributed by atoms with Crippen molar-refractivity contribution in [3.8, 4) is 16.9 Å². The second kappa shape index (κ2) is 7.75. The van der Waals surface area contributed by atoms with Crippen LogP contribution in [0.1, 0.15) is 16.2 Å². The normalized spacial score (nSPS) is 10.6. The molecule has 8 heteroatoms. The average molecular weight is 374 g/mol. The number of hydrogen-bond acceptors (Lipinski definition) is 5.